The maximum atomic E-state index is 13.8. The zero-order valence-corrected chi connectivity index (χ0v) is 20.9. The molecular formula is C29H30F2N2O4. The van der Waals surface area contributed by atoms with E-state index in [9.17, 15) is 18.7 Å². The molecule has 1 N–H and O–H groups in total. The summed E-state index contributed by atoms with van der Waals surface area (Å²) < 4.78 is 37.6. The summed E-state index contributed by atoms with van der Waals surface area (Å²) in [6.07, 6.45) is 2.81. The largest absolute Gasteiger partial charge is 0.497 e. The first-order valence-electron chi connectivity index (χ1n) is 12.2. The summed E-state index contributed by atoms with van der Waals surface area (Å²) in [5.41, 5.74) is 1.56. The number of rotatable bonds is 7. The van der Waals surface area contributed by atoms with E-state index in [4.69, 9.17) is 9.47 Å². The molecule has 4 rings (SSSR count). The van der Waals surface area contributed by atoms with Gasteiger partial charge in [-0.3, -0.25) is 14.7 Å². The zero-order chi connectivity index (χ0) is 26.4. The number of halogens is 2. The Hall–Kier alpha value is -3.54. The molecule has 0 amide bonds. The van der Waals surface area contributed by atoms with Crippen molar-refractivity contribution in [3.63, 3.8) is 0 Å². The minimum Gasteiger partial charge on any atom is -0.497 e. The minimum atomic E-state index is -0.958. The van der Waals surface area contributed by atoms with E-state index in [1.54, 1.807) is 13.3 Å². The van der Waals surface area contributed by atoms with Crippen molar-refractivity contribution in [3.8, 4) is 17.6 Å². The standard InChI is InChI=1S/C29H30F2N2O4/c1-36-21-9-10-26-23(17-21)22(12-14-32-26)27(34)11-8-19-13-16-33(18-24(19)29(35)37-2)15-4-6-20-5-3-7-25(30)28(20)31/h3,5,7,9-10,12,14,17,19,24,27,34H,8,11,13,15-16,18H2,1-2H3/t19-,24+,27?/m1/s1. The lowest BCUT2D eigenvalue weighted by molar-refractivity contribution is -0.150. The second-order valence-electron chi connectivity index (χ2n) is 9.19. The van der Waals surface area contributed by atoms with E-state index in [1.165, 1.54) is 19.2 Å². The SMILES string of the molecule is COC(=O)[C@H]1CN(CC#Cc2cccc(F)c2F)CC[C@H]1CCC(O)c1ccnc2ccc(OC)cc12. The zero-order valence-electron chi connectivity index (χ0n) is 20.9. The molecule has 1 aliphatic rings. The Morgan fingerprint density at radius 3 is 2.86 bits per heavy atom. The monoisotopic (exact) mass is 508 g/mol. The van der Waals surface area contributed by atoms with Crippen LogP contribution in [0.25, 0.3) is 10.9 Å². The van der Waals surface area contributed by atoms with Crippen molar-refractivity contribution in [2.45, 2.75) is 25.4 Å². The van der Waals surface area contributed by atoms with Crippen LogP contribution in [-0.4, -0.2) is 54.8 Å². The van der Waals surface area contributed by atoms with E-state index in [0.717, 1.165) is 29.0 Å². The van der Waals surface area contributed by atoms with Crippen LogP contribution in [0.5, 0.6) is 5.75 Å². The highest BCUT2D eigenvalue weighted by atomic mass is 19.2. The molecule has 3 aromatic rings. The third-order valence-corrected chi connectivity index (χ3v) is 6.97. The Morgan fingerprint density at radius 2 is 2.08 bits per heavy atom. The van der Waals surface area contributed by atoms with Crippen molar-refractivity contribution in [2.24, 2.45) is 11.8 Å². The lowest BCUT2D eigenvalue weighted by atomic mass is 9.81. The van der Waals surface area contributed by atoms with E-state index in [0.29, 0.717) is 38.2 Å². The number of aliphatic hydroxyl groups excluding tert-OH is 1. The van der Waals surface area contributed by atoms with Crippen LogP contribution in [0.1, 0.15) is 36.5 Å². The molecule has 1 saturated heterocycles. The second-order valence-corrected chi connectivity index (χ2v) is 9.19. The van der Waals surface area contributed by atoms with Gasteiger partial charge in [0.15, 0.2) is 11.6 Å². The van der Waals surface area contributed by atoms with Crippen molar-refractivity contribution >= 4 is 16.9 Å². The molecule has 0 aliphatic carbocycles. The van der Waals surface area contributed by atoms with Crippen LogP contribution >= 0.6 is 0 Å². The molecule has 37 heavy (non-hydrogen) atoms. The Labute approximate surface area is 215 Å². The highest BCUT2D eigenvalue weighted by molar-refractivity contribution is 5.83. The number of fused-ring (bicyclic) bond motifs is 1. The van der Waals surface area contributed by atoms with Gasteiger partial charge in [-0.05, 0) is 73.7 Å². The number of benzene rings is 2. The van der Waals surface area contributed by atoms with Crippen molar-refractivity contribution < 1.29 is 28.2 Å². The molecule has 1 fully saturated rings. The normalized spacial score (nSPS) is 18.6. The topological polar surface area (TPSA) is 71.9 Å². The number of aromatic nitrogens is 1. The van der Waals surface area contributed by atoms with Gasteiger partial charge in [0.2, 0.25) is 0 Å². The molecule has 2 heterocycles. The Bertz CT molecular complexity index is 1320. The first-order chi connectivity index (χ1) is 17.9. The number of hydrogen-bond acceptors (Lipinski definition) is 6. The Kier molecular flexibility index (Phi) is 8.70. The summed E-state index contributed by atoms with van der Waals surface area (Å²) in [4.78, 5) is 19.0. The number of likely N-dealkylation sites (tertiary alicyclic amines) is 1. The second kappa shape index (κ2) is 12.1. The van der Waals surface area contributed by atoms with Crippen molar-refractivity contribution in [3.05, 3.63) is 71.4 Å². The molecular weight excluding hydrogens is 478 g/mol. The van der Waals surface area contributed by atoms with Crippen LogP contribution in [0.2, 0.25) is 0 Å². The predicted molar refractivity (Wildman–Crippen MR) is 136 cm³/mol. The van der Waals surface area contributed by atoms with E-state index in [1.807, 2.05) is 29.2 Å². The van der Waals surface area contributed by atoms with Crippen LogP contribution in [0.3, 0.4) is 0 Å². The quantitative estimate of drug-likeness (QED) is 0.374. The maximum absolute atomic E-state index is 13.8. The fourth-order valence-electron chi connectivity index (χ4n) is 4.91. The first-order valence-corrected chi connectivity index (χ1v) is 12.2. The molecule has 6 nitrogen and oxygen atoms in total. The minimum absolute atomic E-state index is 0.00893. The van der Waals surface area contributed by atoms with E-state index in [-0.39, 0.29) is 23.4 Å². The van der Waals surface area contributed by atoms with Crippen LogP contribution in [0.4, 0.5) is 8.78 Å². The van der Waals surface area contributed by atoms with Crippen molar-refractivity contribution in [1.82, 2.24) is 9.88 Å². The van der Waals surface area contributed by atoms with Gasteiger partial charge in [0.25, 0.3) is 0 Å². The summed E-state index contributed by atoms with van der Waals surface area (Å²) in [5.74, 6) is 3.74. The lowest BCUT2D eigenvalue weighted by Gasteiger charge is -2.36. The predicted octanol–water partition coefficient (Wildman–Crippen LogP) is 4.50. The molecule has 3 atom stereocenters. The Morgan fingerprint density at radius 1 is 1.24 bits per heavy atom. The number of pyridine rings is 1. The first kappa shape index (κ1) is 26.5. The van der Waals surface area contributed by atoms with Crippen molar-refractivity contribution in [2.75, 3.05) is 33.9 Å². The number of esters is 1. The summed E-state index contributed by atoms with van der Waals surface area (Å²) in [7, 11) is 2.97. The van der Waals surface area contributed by atoms with E-state index < -0.39 is 17.7 Å². The fraction of sp³-hybridized carbons (Fsp3) is 0.379. The average Bonchev–Trinajstić information content (AvgIpc) is 2.93. The van der Waals surface area contributed by atoms with E-state index >= 15 is 0 Å². The van der Waals surface area contributed by atoms with Gasteiger partial charge in [-0.15, -0.1) is 0 Å². The van der Waals surface area contributed by atoms with E-state index in [2.05, 4.69) is 16.8 Å². The van der Waals surface area contributed by atoms with Gasteiger partial charge in [0.1, 0.15) is 5.75 Å². The van der Waals surface area contributed by atoms with Crippen LogP contribution < -0.4 is 4.74 Å². The van der Waals surface area contributed by atoms with Gasteiger partial charge in [-0.25, -0.2) is 8.78 Å². The third kappa shape index (κ3) is 6.24. The van der Waals surface area contributed by atoms with Gasteiger partial charge in [0.05, 0.1) is 43.9 Å². The van der Waals surface area contributed by atoms with Crippen molar-refractivity contribution in [1.29, 1.82) is 0 Å². The molecule has 1 aliphatic heterocycles. The number of hydrogen-bond donors (Lipinski definition) is 1. The fourth-order valence-corrected chi connectivity index (χ4v) is 4.91. The Balaban J connectivity index is 1.41. The maximum Gasteiger partial charge on any atom is 0.310 e. The smallest absolute Gasteiger partial charge is 0.310 e. The molecule has 0 saturated carbocycles. The summed E-state index contributed by atoms with van der Waals surface area (Å²) >= 11 is 0. The summed E-state index contributed by atoms with van der Waals surface area (Å²) in [6.45, 7) is 1.47. The van der Waals surface area contributed by atoms with Gasteiger partial charge in [0, 0.05) is 18.1 Å². The van der Waals surface area contributed by atoms with Gasteiger partial charge >= 0.3 is 5.97 Å². The van der Waals surface area contributed by atoms with Gasteiger partial charge in [-0.1, -0.05) is 17.9 Å². The lowest BCUT2D eigenvalue weighted by Crippen LogP contribution is -2.44. The molecule has 0 spiro atoms. The number of methoxy groups -OCH3 is 2. The van der Waals surface area contributed by atoms with Gasteiger partial charge in [-0.2, -0.15) is 0 Å². The highest BCUT2D eigenvalue weighted by Crippen LogP contribution is 2.34. The molecule has 194 valence electrons. The molecule has 1 unspecified atom stereocenters. The number of carbonyl (C=O) groups excluding carboxylic acids is 1. The average molecular weight is 509 g/mol. The summed E-state index contributed by atoms with van der Waals surface area (Å²) in [6, 6.07) is 11.3. The third-order valence-electron chi connectivity index (χ3n) is 6.97. The van der Waals surface area contributed by atoms with Crippen LogP contribution in [0.15, 0.2) is 48.7 Å². The highest BCUT2D eigenvalue weighted by Gasteiger charge is 2.35. The molecule has 8 heteroatoms. The number of nitrogens with zero attached hydrogens (tertiary/aromatic N) is 2. The molecule has 1 aromatic heterocycles. The molecule has 2 aromatic carbocycles. The summed E-state index contributed by atoms with van der Waals surface area (Å²) in [5, 5.41) is 11.9. The molecule has 0 bridgehead atoms. The molecule has 0 radical (unpaired) electrons. The van der Waals surface area contributed by atoms with Crippen LogP contribution in [-0.2, 0) is 9.53 Å². The number of ether oxygens (including phenoxy) is 2. The number of aliphatic hydroxyl groups is 1. The van der Waals surface area contributed by atoms with Crippen LogP contribution in [0, 0.1) is 35.3 Å². The number of carbonyl (C=O) groups is 1. The number of piperidine rings is 1. The van der Waals surface area contributed by atoms with Gasteiger partial charge < -0.3 is 14.6 Å².